The second-order valence-corrected chi connectivity index (χ2v) is 5.42. The molecular formula is C17H18N4O2. The number of rotatable bonds is 5. The zero-order valence-electron chi connectivity index (χ0n) is 12.7. The zero-order valence-corrected chi connectivity index (χ0v) is 12.7. The summed E-state index contributed by atoms with van der Waals surface area (Å²) >= 11 is 0. The van der Waals surface area contributed by atoms with Crippen LogP contribution in [-0.4, -0.2) is 34.4 Å². The van der Waals surface area contributed by atoms with Gasteiger partial charge in [0.15, 0.2) is 0 Å². The molecule has 23 heavy (non-hydrogen) atoms. The summed E-state index contributed by atoms with van der Waals surface area (Å²) in [5, 5.41) is 5.47. The number of hydrogen-bond acceptors (Lipinski definition) is 4. The van der Waals surface area contributed by atoms with Crippen molar-refractivity contribution in [3.05, 3.63) is 48.4 Å². The van der Waals surface area contributed by atoms with Gasteiger partial charge < -0.3 is 10.6 Å². The number of aromatic nitrogens is 2. The molecule has 118 valence electrons. The fourth-order valence-electron chi connectivity index (χ4n) is 2.52. The maximum absolute atomic E-state index is 11.9. The van der Waals surface area contributed by atoms with Gasteiger partial charge in [0.2, 0.25) is 11.8 Å². The molecule has 3 rings (SSSR count). The second kappa shape index (κ2) is 7.00. The molecule has 1 saturated heterocycles. The first-order chi connectivity index (χ1) is 11.2. The van der Waals surface area contributed by atoms with Crippen LogP contribution < -0.4 is 10.6 Å². The number of nitrogens with zero attached hydrogens (tertiary/aromatic N) is 2. The quantitative estimate of drug-likeness (QED) is 0.865. The smallest absolute Gasteiger partial charge is 0.242 e. The van der Waals surface area contributed by atoms with Crippen molar-refractivity contribution in [1.82, 2.24) is 20.6 Å². The Balaban J connectivity index is 1.55. The van der Waals surface area contributed by atoms with E-state index in [2.05, 4.69) is 20.6 Å². The lowest BCUT2D eigenvalue weighted by molar-refractivity contribution is -0.125. The van der Waals surface area contributed by atoms with Crippen molar-refractivity contribution >= 4 is 11.8 Å². The highest BCUT2D eigenvalue weighted by molar-refractivity contribution is 5.90. The number of hydrogen-bond donors (Lipinski definition) is 2. The van der Waals surface area contributed by atoms with E-state index in [1.54, 1.807) is 6.20 Å². The Morgan fingerprint density at radius 3 is 2.83 bits per heavy atom. The van der Waals surface area contributed by atoms with Gasteiger partial charge in [-0.05, 0) is 12.5 Å². The van der Waals surface area contributed by atoms with Gasteiger partial charge in [-0.3, -0.25) is 9.59 Å². The number of benzene rings is 1. The number of carbonyl (C=O) groups excluding carboxylic acids is 2. The van der Waals surface area contributed by atoms with E-state index in [9.17, 15) is 9.59 Å². The second-order valence-electron chi connectivity index (χ2n) is 5.42. The van der Waals surface area contributed by atoms with Crippen molar-refractivity contribution in [2.45, 2.75) is 25.3 Å². The van der Waals surface area contributed by atoms with E-state index in [0.717, 1.165) is 11.3 Å². The van der Waals surface area contributed by atoms with E-state index in [1.165, 1.54) is 0 Å². The van der Waals surface area contributed by atoms with Crippen LogP contribution in [0.15, 0.2) is 42.6 Å². The van der Waals surface area contributed by atoms with E-state index in [-0.39, 0.29) is 11.8 Å². The van der Waals surface area contributed by atoms with E-state index in [4.69, 9.17) is 0 Å². The summed E-state index contributed by atoms with van der Waals surface area (Å²) < 4.78 is 0. The minimum Gasteiger partial charge on any atom is -0.354 e. The molecule has 0 aliphatic carbocycles. The summed E-state index contributed by atoms with van der Waals surface area (Å²) in [6, 6.07) is 11.3. The Bertz CT molecular complexity index is 703. The fourth-order valence-corrected chi connectivity index (χ4v) is 2.52. The Kier molecular flexibility index (Phi) is 4.61. The summed E-state index contributed by atoms with van der Waals surface area (Å²) in [5.74, 6) is 0.473. The molecule has 0 bridgehead atoms. The van der Waals surface area contributed by atoms with Gasteiger partial charge in [-0.15, -0.1) is 0 Å². The highest BCUT2D eigenvalue weighted by Gasteiger charge is 2.26. The molecule has 1 atom stereocenters. The molecule has 2 aromatic rings. The van der Waals surface area contributed by atoms with Crippen LogP contribution in [0.4, 0.5) is 0 Å². The highest BCUT2D eigenvalue weighted by Crippen LogP contribution is 2.15. The first-order valence-electron chi connectivity index (χ1n) is 7.67. The fraction of sp³-hybridized carbons (Fsp3) is 0.294. The molecule has 2 amide bonds. The topological polar surface area (TPSA) is 84.0 Å². The van der Waals surface area contributed by atoms with E-state index in [1.807, 2.05) is 36.4 Å². The molecular weight excluding hydrogens is 292 g/mol. The standard InChI is InChI=1S/C17H18N4O2/c22-16-7-6-14(21-16)17(23)19-11-9-15-18-10-8-13(20-15)12-4-2-1-3-5-12/h1-5,8,10,14H,6-7,9,11H2,(H,19,23)(H,21,22)/t14-/m0/s1. The lowest BCUT2D eigenvalue weighted by atomic mass is 10.1. The van der Waals surface area contributed by atoms with Crippen molar-refractivity contribution < 1.29 is 9.59 Å². The molecule has 2 heterocycles. The van der Waals surface area contributed by atoms with Gasteiger partial charge in [-0.25, -0.2) is 9.97 Å². The molecule has 1 aliphatic heterocycles. The van der Waals surface area contributed by atoms with Crippen LogP contribution in [0.1, 0.15) is 18.7 Å². The van der Waals surface area contributed by atoms with E-state index >= 15 is 0 Å². The van der Waals surface area contributed by atoms with Crippen LogP contribution in [0, 0.1) is 0 Å². The minimum atomic E-state index is -0.404. The third-order valence-electron chi connectivity index (χ3n) is 3.73. The van der Waals surface area contributed by atoms with Gasteiger partial charge in [0.25, 0.3) is 0 Å². The van der Waals surface area contributed by atoms with Crippen molar-refractivity contribution in [3.8, 4) is 11.3 Å². The zero-order chi connectivity index (χ0) is 16.1. The van der Waals surface area contributed by atoms with Gasteiger partial charge in [0, 0.05) is 31.1 Å². The molecule has 0 spiro atoms. The Morgan fingerprint density at radius 1 is 1.26 bits per heavy atom. The third-order valence-corrected chi connectivity index (χ3v) is 3.73. The SMILES string of the molecule is O=C1CC[C@@H](C(=O)NCCc2nccc(-c3ccccc3)n2)N1. The predicted octanol–water partition coefficient (Wildman–Crippen LogP) is 1.08. The molecule has 0 unspecified atom stereocenters. The lowest BCUT2D eigenvalue weighted by Crippen LogP contribution is -2.42. The molecule has 1 aliphatic rings. The Morgan fingerprint density at radius 2 is 2.09 bits per heavy atom. The van der Waals surface area contributed by atoms with Crippen LogP contribution >= 0.6 is 0 Å². The van der Waals surface area contributed by atoms with Gasteiger partial charge in [-0.2, -0.15) is 0 Å². The maximum atomic E-state index is 11.9. The molecule has 0 radical (unpaired) electrons. The summed E-state index contributed by atoms with van der Waals surface area (Å²) in [4.78, 5) is 31.8. The van der Waals surface area contributed by atoms with Crippen LogP contribution in [0.5, 0.6) is 0 Å². The number of carbonyl (C=O) groups is 2. The molecule has 2 N–H and O–H groups in total. The number of nitrogens with one attached hydrogen (secondary N) is 2. The molecule has 0 saturated carbocycles. The largest absolute Gasteiger partial charge is 0.354 e. The van der Waals surface area contributed by atoms with Gasteiger partial charge >= 0.3 is 0 Å². The Hall–Kier alpha value is -2.76. The number of amides is 2. The molecule has 6 heteroatoms. The normalized spacial score (nSPS) is 16.9. The first kappa shape index (κ1) is 15.1. The third kappa shape index (κ3) is 3.91. The average Bonchev–Trinajstić information content (AvgIpc) is 3.02. The monoisotopic (exact) mass is 310 g/mol. The van der Waals surface area contributed by atoms with Gasteiger partial charge in [0.05, 0.1) is 5.69 Å². The van der Waals surface area contributed by atoms with Crippen molar-refractivity contribution in [2.75, 3.05) is 6.54 Å². The summed E-state index contributed by atoms with van der Waals surface area (Å²) in [5.41, 5.74) is 1.90. The molecule has 1 fully saturated rings. The van der Waals surface area contributed by atoms with Crippen LogP contribution in [0.3, 0.4) is 0 Å². The summed E-state index contributed by atoms with van der Waals surface area (Å²) in [7, 11) is 0. The highest BCUT2D eigenvalue weighted by atomic mass is 16.2. The van der Waals surface area contributed by atoms with Gasteiger partial charge in [-0.1, -0.05) is 30.3 Å². The van der Waals surface area contributed by atoms with Crippen molar-refractivity contribution in [1.29, 1.82) is 0 Å². The van der Waals surface area contributed by atoms with Crippen LogP contribution in [0.25, 0.3) is 11.3 Å². The average molecular weight is 310 g/mol. The van der Waals surface area contributed by atoms with E-state index in [0.29, 0.717) is 31.6 Å². The maximum Gasteiger partial charge on any atom is 0.242 e. The minimum absolute atomic E-state index is 0.0657. The van der Waals surface area contributed by atoms with Gasteiger partial charge in [0.1, 0.15) is 11.9 Å². The summed E-state index contributed by atoms with van der Waals surface area (Å²) in [6.07, 6.45) is 3.25. The van der Waals surface area contributed by atoms with Crippen molar-refractivity contribution in [2.24, 2.45) is 0 Å². The van der Waals surface area contributed by atoms with Crippen LogP contribution in [0.2, 0.25) is 0 Å². The van der Waals surface area contributed by atoms with Crippen molar-refractivity contribution in [3.63, 3.8) is 0 Å². The molecule has 6 nitrogen and oxygen atoms in total. The lowest BCUT2D eigenvalue weighted by Gasteiger charge is -2.10. The Labute approximate surface area is 134 Å². The van der Waals surface area contributed by atoms with E-state index < -0.39 is 6.04 Å². The predicted molar refractivity (Wildman–Crippen MR) is 85.3 cm³/mol. The summed E-state index contributed by atoms with van der Waals surface area (Å²) in [6.45, 7) is 0.448. The first-order valence-corrected chi connectivity index (χ1v) is 7.67. The molecule has 1 aromatic heterocycles. The van der Waals surface area contributed by atoms with Crippen LogP contribution in [-0.2, 0) is 16.0 Å². The molecule has 1 aromatic carbocycles.